The minimum Gasteiger partial charge on any atom is -0.463 e. The van der Waals surface area contributed by atoms with E-state index < -0.39 is 23.7 Å². The van der Waals surface area contributed by atoms with Crippen molar-refractivity contribution in [2.24, 2.45) is 0 Å². The van der Waals surface area contributed by atoms with Crippen molar-refractivity contribution < 1.29 is 18.7 Å². The molecule has 0 aliphatic heterocycles. The van der Waals surface area contributed by atoms with Crippen molar-refractivity contribution >= 4 is 35.1 Å². The van der Waals surface area contributed by atoms with Crippen molar-refractivity contribution in [1.82, 2.24) is 5.32 Å². The van der Waals surface area contributed by atoms with Crippen molar-refractivity contribution in [1.29, 1.82) is 0 Å². The van der Waals surface area contributed by atoms with E-state index in [1.165, 1.54) is 0 Å². The number of carbonyl (C=O) groups is 2. The molecule has 2 aromatic carbocycles. The third kappa shape index (κ3) is 5.44. The van der Waals surface area contributed by atoms with Gasteiger partial charge in [0.1, 0.15) is 5.82 Å². The third-order valence-electron chi connectivity index (χ3n) is 3.50. The zero-order chi connectivity index (χ0) is 19.3. The molecule has 0 spiro atoms. The van der Waals surface area contributed by atoms with Gasteiger partial charge in [0.15, 0.2) is 0 Å². The Labute approximate surface area is 161 Å². The number of amides is 1. The highest BCUT2D eigenvalue weighted by atomic mass is 35.5. The van der Waals surface area contributed by atoms with Gasteiger partial charge >= 0.3 is 5.97 Å². The van der Waals surface area contributed by atoms with E-state index in [9.17, 15) is 14.0 Å². The van der Waals surface area contributed by atoms with Crippen LogP contribution < -0.4 is 5.32 Å². The van der Waals surface area contributed by atoms with Gasteiger partial charge in [-0.25, -0.2) is 4.39 Å². The van der Waals surface area contributed by atoms with E-state index in [4.69, 9.17) is 27.9 Å². The summed E-state index contributed by atoms with van der Waals surface area (Å²) in [6, 6.07) is 10.4. The Kier molecular flexibility index (Phi) is 7.00. The molecule has 1 amide bonds. The summed E-state index contributed by atoms with van der Waals surface area (Å²) >= 11 is 11.7. The molecule has 0 aromatic heterocycles. The molecule has 0 saturated heterocycles. The Morgan fingerprint density at radius 2 is 1.77 bits per heavy atom. The first kappa shape index (κ1) is 20.2. The lowest BCUT2D eigenvalue weighted by Gasteiger charge is -2.20. The fourth-order valence-electron chi connectivity index (χ4n) is 2.35. The molecule has 26 heavy (non-hydrogen) atoms. The van der Waals surface area contributed by atoms with Gasteiger partial charge in [-0.2, -0.15) is 0 Å². The Morgan fingerprint density at radius 3 is 2.38 bits per heavy atom. The average Bonchev–Trinajstić information content (AvgIpc) is 2.57. The number of halogens is 3. The standard InChI is InChI=1S/C19H18Cl2FNO3/c1-11(2)26-18(24)10-17(12-6-4-3-5-7-12)23-19(25)13-8-16(22)15(21)9-14(13)20/h3-9,11,17H,10H2,1-2H3,(H,23,25). The molecule has 0 radical (unpaired) electrons. The smallest absolute Gasteiger partial charge is 0.308 e. The number of rotatable bonds is 6. The summed E-state index contributed by atoms with van der Waals surface area (Å²) in [6.45, 7) is 3.48. The van der Waals surface area contributed by atoms with Gasteiger partial charge in [0.2, 0.25) is 0 Å². The van der Waals surface area contributed by atoms with E-state index in [-0.39, 0.29) is 28.1 Å². The topological polar surface area (TPSA) is 55.4 Å². The zero-order valence-corrected chi connectivity index (χ0v) is 15.8. The highest BCUT2D eigenvalue weighted by Gasteiger charge is 2.22. The monoisotopic (exact) mass is 397 g/mol. The number of hydrogen-bond acceptors (Lipinski definition) is 3. The highest BCUT2D eigenvalue weighted by Crippen LogP contribution is 2.26. The van der Waals surface area contributed by atoms with E-state index in [0.717, 1.165) is 12.1 Å². The van der Waals surface area contributed by atoms with Gasteiger partial charge in [-0.15, -0.1) is 0 Å². The Hall–Kier alpha value is -2.11. The molecule has 1 unspecified atom stereocenters. The number of carbonyl (C=O) groups excluding carboxylic acids is 2. The summed E-state index contributed by atoms with van der Waals surface area (Å²) in [5.41, 5.74) is 0.652. The number of esters is 1. The Morgan fingerprint density at radius 1 is 1.12 bits per heavy atom. The van der Waals surface area contributed by atoms with Crippen LogP contribution in [0.4, 0.5) is 4.39 Å². The van der Waals surface area contributed by atoms with Crippen LogP contribution in [0.25, 0.3) is 0 Å². The normalized spacial score (nSPS) is 11.9. The average molecular weight is 398 g/mol. The second kappa shape index (κ2) is 9.01. The lowest BCUT2D eigenvalue weighted by atomic mass is 10.0. The van der Waals surface area contributed by atoms with Crippen LogP contribution in [-0.4, -0.2) is 18.0 Å². The summed E-state index contributed by atoms with van der Waals surface area (Å²) in [6.07, 6.45) is -0.337. The molecule has 1 atom stereocenters. The SMILES string of the molecule is CC(C)OC(=O)CC(NC(=O)c1cc(F)c(Cl)cc1Cl)c1ccccc1. The van der Waals surface area contributed by atoms with Gasteiger partial charge in [-0.05, 0) is 31.5 Å². The van der Waals surface area contributed by atoms with Gasteiger partial charge < -0.3 is 10.1 Å². The van der Waals surface area contributed by atoms with Crippen LogP contribution in [0.2, 0.25) is 10.0 Å². The van der Waals surface area contributed by atoms with Crippen LogP contribution in [0.1, 0.15) is 42.2 Å². The Bertz CT molecular complexity index is 797. The summed E-state index contributed by atoms with van der Waals surface area (Å²) in [5, 5.41) is 2.55. The molecular formula is C19H18Cl2FNO3. The molecule has 2 aromatic rings. The largest absolute Gasteiger partial charge is 0.463 e. The van der Waals surface area contributed by atoms with Gasteiger partial charge in [-0.3, -0.25) is 9.59 Å². The molecule has 138 valence electrons. The first-order valence-corrected chi connectivity index (χ1v) is 8.73. The molecule has 7 heteroatoms. The minimum absolute atomic E-state index is 0.0190. The van der Waals surface area contributed by atoms with E-state index in [1.54, 1.807) is 38.1 Å². The second-order valence-electron chi connectivity index (χ2n) is 5.93. The van der Waals surface area contributed by atoms with Crippen molar-refractivity contribution in [3.8, 4) is 0 Å². The van der Waals surface area contributed by atoms with Crippen LogP contribution >= 0.6 is 23.2 Å². The molecular weight excluding hydrogens is 380 g/mol. The predicted octanol–water partition coefficient (Wildman–Crippen LogP) is 4.95. The molecule has 0 aliphatic carbocycles. The highest BCUT2D eigenvalue weighted by molar-refractivity contribution is 6.36. The number of benzene rings is 2. The summed E-state index contributed by atoms with van der Waals surface area (Å²) in [5.74, 6) is -1.82. The maximum absolute atomic E-state index is 13.7. The van der Waals surface area contributed by atoms with Crippen molar-refractivity contribution in [2.45, 2.75) is 32.4 Å². The van der Waals surface area contributed by atoms with Crippen molar-refractivity contribution in [3.05, 3.63) is 69.5 Å². The third-order valence-corrected chi connectivity index (χ3v) is 4.10. The van der Waals surface area contributed by atoms with E-state index in [2.05, 4.69) is 5.32 Å². The van der Waals surface area contributed by atoms with Crippen LogP contribution in [-0.2, 0) is 9.53 Å². The summed E-state index contributed by atoms with van der Waals surface area (Å²) < 4.78 is 18.8. The zero-order valence-electron chi connectivity index (χ0n) is 14.3. The fourth-order valence-corrected chi connectivity index (χ4v) is 2.82. The molecule has 0 aliphatic rings. The van der Waals surface area contributed by atoms with Gasteiger partial charge in [-0.1, -0.05) is 53.5 Å². The first-order valence-electron chi connectivity index (χ1n) is 7.97. The van der Waals surface area contributed by atoms with Crippen LogP contribution in [0, 0.1) is 5.82 Å². The molecule has 2 rings (SSSR count). The summed E-state index contributed by atoms with van der Waals surface area (Å²) in [4.78, 5) is 24.6. The van der Waals surface area contributed by atoms with Crippen LogP contribution in [0.5, 0.6) is 0 Å². The van der Waals surface area contributed by atoms with Crippen molar-refractivity contribution in [2.75, 3.05) is 0 Å². The number of hydrogen-bond donors (Lipinski definition) is 1. The van der Waals surface area contributed by atoms with Gasteiger partial charge in [0, 0.05) is 0 Å². The van der Waals surface area contributed by atoms with Crippen LogP contribution in [0.3, 0.4) is 0 Å². The molecule has 0 bridgehead atoms. The lowest BCUT2D eigenvalue weighted by molar-refractivity contribution is -0.147. The maximum atomic E-state index is 13.7. The first-order chi connectivity index (χ1) is 12.3. The molecule has 0 saturated carbocycles. The molecule has 0 fully saturated rings. The number of nitrogens with one attached hydrogen (secondary N) is 1. The molecule has 0 heterocycles. The maximum Gasteiger partial charge on any atom is 0.308 e. The molecule has 1 N–H and O–H groups in total. The van der Waals surface area contributed by atoms with Gasteiger partial charge in [0.25, 0.3) is 5.91 Å². The molecule has 4 nitrogen and oxygen atoms in total. The van der Waals surface area contributed by atoms with E-state index >= 15 is 0 Å². The summed E-state index contributed by atoms with van der Waals surface area (Å²) in [7, 11) is 0. The van der Waals surface area contributed by atoms with E-state index in [1.807, 2.05) is 6.07 Å². The van der Waals surface area contributed by atoms with Crippen molar-refractivity contribution in [3.63, 3.8) is 0 Å². The predicted molar refractivity (Wildman–Crippen MR) is 98.9 cm³/mol. The lowest BCUT2D eigenvalue weighted by Crippen LogP contribution is -2.31. The number of ether oxygens (including phenoxy) is 1. The second-order valence-corrected chi connectivity index (χ2v) is 6.74. The van der Waals surface area contributed by atoms with Crippen LogP contribution in [0.15, 0.2) is 42.5 Å². The van der Waals surface area contributed by atoms with Gasteiger partial charge in [0.05, 0.1) is 34.2 Å². The quantitative estimate of drug-likeness (QED) is 0.554. The fraction of sp³-hybridized carbons (Fsp3) is 0.263. The van der Waals surface area contributed by atoms with E-state index in [0.29, 0.717) is 5.56 Å². The minimum atomic E-state index is -0.753. The Balaban J connectivity index is 2.25.